The van der Waals surface area contributed by atoms with Crippen LogP contribution in [-0.2, 0) is 0 Å². The number of aromatic nitrogens is 4. The molecule has 2 heterocycles. The summed E-state index contributed by atoms with van der Waals surface area (Å²) in [7, 11) is 0. The first kappa shape index (κ1) is 14.3. The van der Waals surface area contributed by atoms with Crippen molar-refractivity contribution in [2.75, 3.05) is 5.32 Å². The van der Waals surface area contributed by atoms with Gasteiger partial charge in [-0.3, -0.25) is 0 Å². The first-order valence-electron chi connectivity index (χ1n) is 7.18. The molecule has 0 saturated heterocycles. The predicted molar refractivity (Wildman–Crippen MR) is 86.3 cm³/mol. The Balaban J connectivity index is 1.76. The molecule has 0 bridgehead atoms. The molecule has 0 fully saturated rings. The van der Waals surface area contributed by atoms with Crippen LogP contribution in [0.2, 0.25) is 0 Å². The third-order valence-corrected chi connectivity index (χ3v) is 3.54. The quantitative estimate of drug-likeness (QED) is 0.622. The van der Waals surface area contributed by atoms with Crippen molar-refractivity contribution in [2.45, 2.75) is 0 Å². The van der Waals surface area contributed by atoms with Gasteiger partial charge < -0.3 is 5.32 Å². The number of nitrogens with zero attached hydrogens (tertiary/aromatic N) is 4. The van der Waals surface area contributed by atoms with Crippen molar-refractivity contribution in [2.24, 2.45) is 0 Å². The van der Waals surface area contributed by atoms with Crippen LogP contribution in [0.1, 0.15) is 0 Å². The minimum atomic E-state index is -0.316. The number of hydrogen-bond donors (Lipinski definition) is 1. The Labute approximate surface area is 135 Å². The summed E-state index contributed by atoms with van der Waals surface area (Å²) in [5, 5.41) is 8.12. The SMILES string of the molecule is Fc1ccc(Nc2ncnc3c2cnn3-c2ccc(F)cc2)cc1. The van der Waals surface area contributed by atoms with Crippen molar-refractivity contribution in [1.82, 2.24) is 19.7 Å². The van der Waals surface area contributed by atoms with Crippen LogP contribution in [-0.4, -0.2) is 19.7 Å². The zero-order valence-electron chi connectivity index (χ0n) is 12.3. The molecule has 118 valence electrons. The topological polar surface area (TPSA) is 55.6 Å². The third-order valence-electron chi connectivity index (χ3n) is 3.54. The molecule has 0 aliphatic carbocycles. The highest BCUT2D eigenvalue weighted by Crippen LogP contribution is 2.24. The van der Waals surface area contributed by atoms with Crippen LogP contribution in [0.3, 0.4) is 0 Å². The van der Waals surface area contributed by atoms with E-state index in [9.17, 15) is 8.78 Å². The number of nitrogens with one attached hydrogen (secondary N) is 1. The monoisotopic (exact) mass is 323 g/mol. The average Bonchev–Trinajstić information content (AvgIpc) is 3.03. The average molecular weight is 323 g/mol. The second-order valence-electron chi connectivity index (χ2n) is 5.12. The summed E-state index contributed by atoms with van der Waals surface area (Å²) in [5.74, 6) is -0.0685. The van der Waals surface area contributed by atoms with Gasteiger partial charge >= 0.3 is 0 Å². The highest BCUT2D eigenvalue weighted by Gasteiger charge is 2.11. The molecule has 0 spiro atoms. The number of benzene rings is 2. The van der Waals surface area contributed by atoms with Crippen molar-refractivity contribution in [3.63, 3.8) is 0 Å². The second kappa shape index (κ2) is 5.69. The molecule has 4 rings (SSSR count). The molecule has 0 saturated carbocycles. The summed E-state index contributed by atoms with van der Waals surface area (Å²) in [4.78, 5) is 8.47. The van der Waals surface area contributed by atoms with Crippen molar-refractivity contribution in [1.29, 1.82) is 0 Å². The second-order valence-corrected chi connectivity index (χ2v) is 5.12. The maximum absolute atomic E-state index is 13.1. The lowest BCUT2D eigenvalue weighted by Gasteiger charge is -2.07. The normalized spacial score (nSPS) is 10.9. The minimum absolute atomic E-state index is 0.308. The molecular formula is C17H11F2N5. The van der Waals surface area contributed by atoms with E-state index in [0.717, 1.165) is 0 Å². The van der Waals surface area contributed by atoms with Crippen LogP contribution < -0.4 is 5.32 Å². The molecule has 0 aliphatic heterocycles. The fraction of sp³-hybridized carbons (Fsp3) is 0. The standard InChI is InChI=1S/C17H11F2N5/c18-11-1-5-13(6-2-11)23-16-15-9-22-24(17(15)21-10-20-16)14-7-3-12(19)4-8-14/h1-10H,(H,20,21,23). The van der Waals surface area contributed by atoms with Gasteiger partial charge in [0.1, 0.15) is 23.8 Å². The van der Waals surface area contributed by atoms with Gasteiger partial charge in [-0.2, -0.15) is 5.10 Å². The Morgan fingerprint density at radius 2 is 1.50 bits per heavy atom. The van der Waals surface area contributed by atoms with Gasteiger partial charge in [0, 0.05) is 5.69 Å². The van der Waals surface area contributed by atoms with Gasteiger partial charge in [0.25, 0.3) is 0 Å². The highest BCUT2D eigenvalue weighted by molar-refractivity contribution is 5.89. The van der Waals surface area contributed by atoms with E-state index in [4.69, 9.17) is 0 Å². The molecule has 0 amide bonds. The molecule has 0 aliphatic rings. The fourth-order valence-corrected chi connectivity index (χ4v) is 2.38. The van der Waals surface area contributed by atoms with Crippen LogP contribution in [0.25, 0.3) is 16.7 Å². The summed E-state index contributed by atoms with van der Waals surface area (Å²) < 4.78 is 27.7. The van der Waals surface area contributed by atoms with Crippen LogP contribution in [0.4, 0.5) is 20.3 Å². The largest absolute Gasteiger partial charge is 0.340 e. The van der Waals surface area contributed by atoms with Crippen LogP contribution in [0, 0.1) is 11.6 Å². The highest BCUT2D eigenvalue weighted by atomic mass is 19.1. The van der Waals surface area contributed by atoms with Gasteiger partial charge in [-0.15, -0.1) is 0 Å². The van der Waals surface area contributed by atoms with Crippen molar-refractivity contribution >= 4 is 22.5 Å². The lowest BCUT2D eigenvalue weighted by molar-refractivity contribution is 0.627. The summed E-state index contributed by atoms with van der Waals surface area (Å²) in [6, 6.07) is 11.9. The summed E-state index contributed by atoms with van der Waals surface area (Å²) >= 11 is 0. The van der Waals surface area contributed by atoms with Gasteiger partial charge in [-0.1, -0.05) is 0 Å². The molecule has 0 radical (unpaired) electrons. The number of hydrogen-bond acceptors (Lipinski definition) is 4. The smallest absolute Gasteiger partial charge is 0.168 e. The van der Waals surface area contributed by atoms with E-state index in [1.54, 1.807) is 35.1 Å². The van der Waals surface area contributed by atoms with E-state index in [2.05, 4.69) is 20.4 Å². The number of halogens is 2. The van der Waals surface area contributed by atoms with E-state index in [0.29, 0.717) is 28.2 Å². The van der Waals surface area contributed by atoms with Crippen molar-refractivity contribution < 1.29 is 8.78 Å². The predicted octanol–water partition coefficient (Wildman–Crippen LogP) is 3.84. The maximum Gasteiger partial charge on any atom is 0.168 e. The van der Waals surface area contributed by atoms with Gasteiger partial charge in [-0.05, 0) is 48.5 Å². The molecule has 24 heavy (non-hydrogen) atoms. The molecule has 4 aromatic rings. The van der Waals surface area contributed by atoms with E-state index < -0.39 is 0 Å². The third kappa shape index (κ3) is 2.56. The van der Waals surface area contributed by atoms with Crippen LogP contribution in [0.5, 0.6) is 0 Å². The van der Waals surface area contributed by atoms with E-state index >= 15 is 0 Å². The molecular weight excluding hydrogens is 312 g/mol. The lowest BCUT2D eigenvalue weighted by atomic mass is 10.3. The lowest BCUT2D eigenvalue weighted by Crippen LogP contribution is -1.99. The first-order valence-corrected chi connectivity index (χ1v) is 7.18. The molecule has 7 heteroatoms. The Bertz CT molecular complexity index is 994. The number of rotatable bonds is 3. The van der Waals surface area contributed by atoms with Gasteiger partial charge in [0.2, 0.25) is 0 Å². The van der Waals surface area contributed by atoms with Gasteiger partial charge in [0.15, 0.2) is 5.65 Å². The van der Waals surface area contributed by atoms with Crippen LogP contribution >= 0.6 is 0 Å². The van der Waals surface area contributed by atoms with E-state index in [1.165, 1.54) is 30.6 Å². The number of anilines is 2. The van der Waals surface area contributed by atoms with Gasteiger partial charge in [0.05, 0.1) is 17.3 Å². The van der Waals surface area contributed by atoms with E-state index in [-0.39, 0.29) is 11.6 Å². The summed E-state index contributed by atoms with van der Waals surface area (Å²) in [6.45, 7) is 0. The number of fused-ring (bicyclic) bond motifs is 1. The summed E-state index contributed by atoms with van der Waals surface area (Å²) in [6.07, 6.45) is 3.04. The molecule has 1 N–H and O–H groups in total. The van der Waals surface area contributed by atoms with Crippen molar-refractivity contribution in [3.8, 4) is 5.69 Å². The zero-order chi connectivity index (χ0) is 16.5. The molecule has 2 aromatic heterocycles. The van der Waals surface area contributed by atoms with Crippen molar-refractivity contribution in [3.05, 3.63) is 72.7 Å². The molecule has 2 aromatic carbocycles. The Hall–Kier alpha value is -3.35. The Kier molecular flexibility index (Phi) is 3.38. The fourth-order valence-electron chi connectivity index (χ4n) is 2.38. The Morgan fingerprint density at radius 1 is 0.833 bits per heavy atom. The first-order chi connectivity index (χ1) is 11.7. The molecule has 0 unspecified atom stereocenters. The van der Waals surface area contributed by atoms with Crippen LogP contribution in [0.15, 0.2) is 61.1 Å². The minimum Gasteiger partial charge on any atom is -0.340 e. The molecule has 0 atom stereocenters. The summed E-state index contributed by atoms with van der Waals surface area (Å²) in [5.41, 5.74) is 1.98. The molecule has 5 nitrogen and oxygen atoms in total. The van der Waals surface area contributed by atoms with E-state index in [1.807, 2.05) is 0 Å². The zero-order valence-corrected chi connectivity index (χ0v) is 12.3. The Morgan fingerprint density at radius 3 is 2.21 bits per heavy atom. The van der Waals surface area contributed by atoms with Gasteiger partial charge in [-0.25, -0.2) is 23.4 Å². The maximum atomic E-state index is 13.1.